The summed E-state index contributed by atoms with van der Waals surface area (Å²) in [6.45, 7) is 4.11. The Morgan fingerprint density at radius 2 is 2.11 bits per heavy atom. The molecule has 3 nitrogen and oxygen atoms in total. The molecule has 1 atom stereocenters. The molecule has 102 valence electrons. The van der Waals surface area contributed by atoms with Gasteiger partial charge in [0.15, 0.2) is 0 Å². The van der Waals surface area contributed by atoms with Crippen LogP contribution in [-0.4, -0.2) is 23.9 Å². The van der Waals surface area contributed by atoms with Gasteiger partial charge < -0.3 is 15.6 Å². The number of hydrogen-bond acceptors (Lipinski definition) is 3. The number of aliphatic hydroxyl groups excluding tert-OH is 1. The lowest BCUT2D eigenvalue weighted by atomic mass is 9.97. The summed E-state index contributed by atoms with van der Waals surface area (Å²) in [5.41, 5.74) is 5.89. The number of nitrogens with two attached hydrogens (primary N) is 1. The quantitative estimate of drug-likeness (QED) is 0.736. The van der Waals surface area contributed by atoms with E-state index < -0.39 is 5.54 Å². The zero-order chi connectivity index (χ0) is 13.6. The van der Waals surface area contributed by atoms with Gasteiger partial charge in [-0.15, -0.1) is 0 Å². The zero-order valence-electron chi connectivity index (χ0n) is 11.1. The zero-order valence-corrected chi connectivity index (χ0v) is 11.1. The molecule has 0 amide bonds. The summed E-state index contributed by atoms with van der Waals surface area (Å²) in [5, 5.41) is 8.99. The summed E-state index contributed by atoms with van der Waals surface area (Å²) in [4.78, 5) is 0. The maximum Gasteiger partial charge on any atom is 0.126 e. The van der Waals surface area contributed by atoms with Crippen molar-refractivity contribution in [2.75, 3.05) is 13.2 Å². The average molecular weight is 255 g/mol. The molecule has 4 heteroatoms. The third-order valence-corrected chi connectivity index (χ3v) is 2.90. The number of aliphatic hydroxyl groups is 1. The molecule has 0 aliphatic heterocycles. The van der Waals surface area contributed by atoms with E-state index in [0.717, 1.165) is 19.3 Å². The highest BCUT2D eigenvalue weighted by molar-refractivity contribution is 5.28. The summed E-state index contributed by atoms with van der Waals surface area (Å²) < 4.78 is 18.5. The van der Waals surface area contributed by atoms with Gasteiger partial charge in [0.05, 0.1) is 13.2 Å². The molecule has 0 fully saturated rings. The van der Waals surface area contributed by atoms with Gasteiger partial charge in [-0.1, -0.05) is 0 Å². The number of rotatable bonds is 7. The van der Waals surface area contributed by atoms with Crippen LogP contribution in [0.4, 0.5) is 4.39 Å². The third-order valence-electron chi connectivity index (χ3n) is 2.90. The van der Waals surface area contributed by atoms with Crippen LogP contribution in [0.15, 0.2) is 18.2 Å². The Balaban J connectivity index is 2.24. The molecule has 0 heterocycles. The van der Waals surface area contributed by atoms with Crippen molar-refractivity contribution in [3.05, 3.63) is 29.6 Å². The molecule has 1 aromatic carbocycles. The lowest BCUT2D eigenvalue weighted by Crippen LogP contribution is -2.39. The highest BCUT2D eigenvalue weighted by Gasteiger charge is 2.15. The van der Waals surface area contributed by atoms with Crippen molar-refractivity contribution in [2.24, 2.45) is 5.73 Å². The SMILES string of the molecule is Cc1cc(OCCCCC(C)(N)CO)ccc1F. The molecule has 1 unspecified atom stereocenters. The van der Waals surface area contributed by atoms with Gasteiger partial charge in [0.2, 0.25) is 0 Å². The molecule has 0 aliphatic rings. The normalized spacial score (nSPS) is 14.3. The standard InChI is InChI=1S/C14H22FNO2/c1-11-9-12(5-6-13(11)15)18-8-4-3-7-14(2,16)10-17/h5-6,9,17H,3-4,7-8,10,16H2,1-2H3. The van der Waals surface area contributed by atoms with Crippen LogP contribution in [0.25, 0.3) is 0 Å². The first-order valence-corrected chi connectivity index (χ1v) is 6.23. The highest BCUT2D eigenvalue weighted by Crippen LogP contribution is 2.16. The highest BCUT2D eigenvalue weighted by atomic mass is 19.1. The van der Waals surface area contributed by atoms with Crippen LogP contribution in [0.3, 0.4) is 0 Å². The number of unbranched alkanes of at least 4 members (excludes halogenated alkanes) is 1. The van der Waals surface area contributed by atoms with Crippen molar-refractivity contribution in [1.82, 2.24) is 0 Å². The molecule has 3 N–H and O–H groups in total. The summed E-state index contributed by atoms with van der Waals surface area (Å²) in [5.74, 6) is 0.468. The average Bonchev–Trinajstić information content (AvgIpc) is 2.33. The van der Waals surface area contributed by atoms with Crippen molar-refractivity contribution in [1.29, 1.82) is 0 Å². The van der Waals surface area contributed by atoms with Gasteiger partial charge in [-0.05, 0) is 56.9 Å². The minimum absolute atomic E-state index is 0.00891. The van der Waals surface area contributed by atoms with Crippen molar-refractivity contribution < 1.29 is 14.2 Å². The minimum atomic E-state index is -0.507. The van der Waals surface area contributed by atoms with Crippen LogP contribution >= 0.6 is 0 Å². The maximum absolute atomic E-state index is 13.0. The number of aryl methyl sites for hydroxylation is 1. The molecular formula is C14H22FNO2. The fourth-order valence-electron chi connectivity index (χ4n) is 1.61. The van der Waals surface area contributed by atoms with E-state index in [4.69, 9.17) is 15.6 Å². The molecule has 0 saturated carbocycles. The summed E-state index contributed by atoms with van der Waals surface area (Å²) >= 11 is 0. The van der Waals surface area contributed by atoms with Crippen LogP contribution in [0, 0.1) is 12.7 Å². The topological polar surface area (TPSA) is 55.5 Å². The molecule has 0 aromatic heterocycles. The fraction of sp³-hybridized carbons (Fsp3) is 0.571. The van der Waals surface area contributed by atoms with E-state index in [0.29, 0.717) is 17.9 Å². The number of benzene rings is 1. The number of ether oxygens (including phenoxy) is 1. The Bertz CT molecular complexity index is 380. The van der Waals surface area contributed by atoms with Crippen LogP contribution in [-0.2, 0) is 0 Å². The number of halogens is 1. The molecule has 1 rings (SSSR count). The van der Waals surface area contributed by atoms with Gasteiger partial charge in [-0.2, -0.15) is 0 Å². The molecule has 1 aromatic rings. The second-order valence-electron chi connectivity index (χ2n) is 5.03. The molecule has 0 aliphatic carbocycles. The Morgan fingerprint density at radius 1 is 1.39 bits per heavy atom. The van der Waals surface area contributed by atoms with Crippen LogP contribution in [0.1, 0.15) is 31.7 Å². The van der Waals surface area contributed by atoms with Crippen molar-refractivity contribution in [2.45, 2.75) is 38.6 Å². The second kappa shape index (κ2) is 6.71. The predicted molar refractivity (Wildman–Crippen MR) is 70.2 cm³/mol. The fourth-order valence-corrected chi connectivity index (χ4v) is 1.61. The van der Waals surface area contributed by atoms with Crippen molar-refractivity contribution >= 4 is 0 Å². The summed E-state index contributed by atoms with van der Waals surface area (Å²) in [6, 6.07) is 4.73. The van der Waals surface area contributed by atoms with E-state index in [2.05, 4.69) is 0 Å². The monoisotopic (exact) mass is 255 g/mol. The van der Waals surface area contributed by atoms with Gasteiger partial charge in [-0.3, -0.25) is 0 Å². The van der Waals surface area contributed by atoms with E-state index in [9.17, 15) is 4.39 Å². The van der Waals surface area contributed by atoms with E-state index in [-0.39, 0.29) is 12.4 Å². The summed E-state index contributed by atoms with van der Waals surface area (Å²) in [6.07, 6.45) is 2.52. The van der Waals surface area contributed by atoms with E-state index in [1.807, 2.05) is 6.92 Å². The second-order valence-corrected chi connectivity index (χ2v) is 5.03. The molecule has 0 saturated heterocycles. The molecule has 0 spiro atoms. The Labute approximate surface area is 108 Å². The minimum Gasteiger partial charge on any atom is -0.494 e. The molecule has 18 heavy (non-hydrogen) atoms. The van der Waals surface area contributed by atoms with E-state index in [1.165, 1.54) is 6.07 Å². The van der Waals surface area contributed by atoms with E-state index >= 15 is 0 Å². The number of hydrogen-bond donors (Lipinski definition) is 2. The first kappa shape index (κ1) is 14.9. The summed E-state index contributed by atoms with van der Waals surface area (Å²) in [7, 11) is 0. The van der Waals surface area contributed by atoms with Gasteiger partial charge in [-0.25, -0.2) is 4.39 Å². The van der Waals surface area contributed by atoms with Crippen molar-refractivity contribution in [3.63, 3.8) is 0 Å². The predicted octanol–water partition coefficient (Wildman–Crippen LogP) is 2.39. The smallest absolute Gasteiger partial charge is 0.126 e. The van der Waals surface area contributed by atoms with Gasteiger partial charge >= 0.3 is 0 Å². The lowest BCUT2D eigenvalue weighted by molar-refractivity contribution is 0.194. The van der Waals surface area contributed by atoms with Crippen molar-refractivity contribution in [3.8, 4) is 5.75 Å². The molecular weight excluding hydrogens is 233 g/mol. The Morgan fingerprint density at radius 3 is 2.72 bits per heavy atom. The largest absolute Gasteiger partial charge is 0.494 e. The van der Waals surface area contributed by atoms with E-state index in [1.54, 1.807) is 19.1 Å². The lowest BCUT2D eigenvalue weighted by Gasteiger charge is -2.21. The Hall–Kier alpha value is -1.13. The maximum atomic E-state index is 13.0. The third kappa shape index (κ3) is 5.02. The first-order chi connectivity index (χ1) is 8.44. The molecule has 0 bridgehead atoms. The Kier molecular flexibility index (Phi) is 5.56. The molecule has 0 radical (unpaired) electrons. The van der Waals surface area contributed by atoms with Crippen LogP contribution in [0.5, 0.6) is 5.75 Å². The van der Waals surface area contributed by atoms with Gasteiger partial charge in [0.25, 0.3) is 0 Å². The van der Waals surface area contributed by atoms with Crippen LogP contribution in [0.2, 0.25) is 0 Å². The van der Waals surface area contributed by atoms with Crippen LogP contribution < -0.4 is 10.5 Å². The first-order valence-electron chi connectivity index (χ1n) is 6.23. The van der Waals surface area contributed by atoms with Gasteiger partial charge in [0, 0.05) is 5.54 Å². The van der Waals surface area contributed by atoms with Gasteiger partial charge in [0.1, 0.15) is 11.6 Å².